The van der Waals surface area contributed by atoms with Crippen LogP contribution in [0.4, 0.5) is 10.1 Å². The predicted molar refractivity (Wildman–Crippen MR) is 158 cm³/mol. The summed E-state index contributed by atoms with van der Waals surface area (Å²) in [5, 5.41) is 13.3. The first-order chi connectivity index (χ1) is 19.9. The second kappa shape index (κ2) is 11.1. The Kier molecular flexibility index (Phi) is 7.57. The van der Waals surface area contributed by atoms with Crippen molar-refractivity contribution in [1.29, 1.82) is 0 Å². The highest BCUT2D eigenvalue weighted by Crippen LogP contribution is 2.34. The van der Waals surface area contributed by atoms with Crippen LogP contribution >= 0.6 is 0 Å². The maximum absolute atomic E-state index is 15.2. The van der Waals surface area contributed by atoms with E-state index in [-0.39, 0.29) is 23.6 Å². The van der Waals surface area contributed by atoms with Gasteiger partial charge in [-0.15, -0.1) is 0 Å². The van der Waals surface area contributed by atoms with Gasteiger partial charge in [0.15, 0.2) is 11.6 Å². The van der Waals surface area contributed by atoms with Crippen molar-refractivity contribution in [2.75, 3.05) is 11.9 Å². The number of amides is 1. The van der Waals surface area contributed by atoms with Crippen LogP contribution < -0.4 is 20.3 Å². The van der Waals surface area contributed by atoms with Crippen molar-refractivity contribution in [1.82, 2.24) is 14.3 Å². The zero-order valence-corrected chi connectivity index (χ0v) is 23.9. The molecule has 2 heterocycles. The number of hydrogen-bond acceptors (Lipinski definition) is 6. The minimum atomic E-state index is -0.996. The van der Waals surface area contributed by atoms with E-state index in [1.807, 2.05) is 19.1 Å². The molecule has 216 valence electrons. The number of para-hydroxylation sites is 1. The van der Waals surface area contributed by atoms with Crippen LogP contribution in [-0.4, -0.2) is 37.6 Å². The Morgan fingerprint density at radius 2 is 1.76 bits per heavy atom. The number of anilines is 1. The summed E-state index contributed by atoms with van der Waals surface area (Å²) in [5.41, 5.74) is 1.12. The summed E-state index contributed by atoms with van der Waals surface area (Å²) in [7, 11) is 1.69. The number of aromatic nitrogens is 3. The number of hydrogen-bond donors (Lipinski definition) is 2. The zero-order valence-electron chi connectivity index (χ0n) is 23.9. The quantitative estimate of drug-likeness (QED) is 0.249. The molecule has 9 nitrogen and oxygen atoms in total. The normalized spacial score (nSPS) is 11.5. The fraction of sp³-hybridized carbons (Fsp3) is 0.219. The van der Waals surface area contributed by atoms with Crippen molar-refractivity contribution in [3.63, 3.8) is 0 Å². The number of nitrogens with one attached hydrogen (secondary N) is 1. The molecule has 0 saturated carbocycles. The molecule has 10 heteroatoms. The topological polar surface area (TPSA) is 108 Å². The lowest BCUT2D eigenvalue weighted by atomic mass is 10.1. The molecule has 0 atom stereocenters. The van der Waals surface area contributed by atoms with E-state index < -0.39 is 22.9 Å². The summed E-state index contributed by atoms with van der Waals surface area (Å²) in [6, 6.07) is 18.2. The van der Waals surface area contributed by atoms with E-state index >= 15 is 4.39 Å². The molecule has 5 aromatic rings. The Bertz CT molecular complexity index is 1860. The molecule has 0 unspecified atom stereocenters. The largest absolute Gasteiger partial charge is 0.490 e. The van der Waals surface area contributed by atoms with Gasteiger partial charge in [0.1, 0.15) is 23.7 Å². The molecule has 0 aliphatic carbocycles. The number of benzene rings is 3. The molecule has 0 radical (unpaired) electrons. The fourth-order valence-electron chi connectivity index (χ4n) is 4.56. The van der Waals surface area contributed by atoms with Crippen molar-refractivity contribution in [2.24, 2.45) is 7.05 Å². The summed E-state index contributed by atoms with van der Waals surface area (Å²) in [6.07, 6.45) is 1.55. The highest BCUT2D eigenvalue weighted by molar-refractivity contribution is 6.05. The Morgan fingerprint density at radius 3 is 2.45 bits per heavy atom. The van der Waals surface area contributed by atoms with E-state index in [0.29, 0.717) is 33.8 Å². The van der Waals surface area contributed by atoms with Crippen molar-refractivity contribution in [3.05, 3.63) is 106 Å². The Labute approximate surface area is 241 Å². The van der Waals surface area contributed by atoms with Crippen LogP contribution in [0.25, 0.3) is 16.6 Å². The van der Waals surface area contributed by atoms with Gasteiger partial charge < -0.3 is 19.9 Å². The van der Waals surface area contributed by atoms with E-state index in [9.17, 15) is 14.7 Å². The van der Waals surface area contributed by atoms with Crippen molar-refractivity contribution in [2.45, 2.75) is 33.3 Å². The minimum absolute atomic E-state index is 0.0355. The molecule has 5 rings (SSSR count). The van der Waals surface area contributed by atoms with Gasteiger partial charge in [-0.05, 0) is 69.7 Å². The Hall–Kier alpha value is -4.96. The van der Waals surface area contributed by atoms with Crippen LogP contribution in [0.3, 0.4) is 0 Å². The van der Waals surface area contributed by atoms with Crippen molar-refractivity contribution < 1.29 is 23.8 Å². The van der Waals surface area contributed by atoms with Crippen LogP contribution in [0, 0.1) is 19.7 Å². The highest BCUT2D eigenvalue weighted by atomic mass is 19.1. The third-order valence-electron chi connectivity index (χ3n) is 6.77. The molecule has 0 aliphatic heterocycles. The van der Waals surface area contributed by atoms with Crippen LogP contribution in [-0.2, 0) is 7.05 Å². The number of pyridine rings is 1. The Morgan fingerprint density at radius 1 is 1.02 bits per heavy atom. The number of carbonyl (C=O) groups excluding carboxylic acids is 1. The number of nitrogens with zero attached hydrogens (tertiary/aromatic N) is 3. The lowest BCUT2D eigenvalue weighted by Crippen LogP contribution is -2.28. The molecular formula is C32H31FN4O5. The van der Waals surface area contributed by atoms with E-state index in [1.54, 1.807) is 75.1 Å². The molecule has 1 amide bonds. The van der Waals surface area contributed by atoms with Gasteiger partial charge in [0, 0.05) is 36.5 Å². The maximum Gasteiger partial charge on any atom is 0.284 e. The van der Waals surface area contributed by atoms with Gasteiger partial charge in [-0.25, -0.2) is 9.07 Å². The number of halogens is 1. The van der Waals surface area contributed by atoms with E-state index in [1.165, 1.54) is 16.8 Å². The monoisotopic (exact) mass is 570 g/mol. The average molecular weight is 571 g/mol. The lowest BCUT2D eigenvalue weighted by Gasteiger charge is -2.19. The smallest absolute Gasteiger partial charge is 0.284 e. The van der Waals surface area contributed by atoms with Crippen LogP contribution in [0.2, 0.25) is 0 Å². The predicted octanol–water partition coefficient (Wildman–Crippen LogP) is 5.67. The lowest BCUT2D eigenvalue weighted by molar-refractivity contribution is 0.0283. The molecule has 0 fully saturated rings. The van der Waals surface area contributed by atoms with Gasteiger partial charge in [-0.2, -0.15) is 0 Å². The zero-order chi connectivity index (χ0) is 30.2. The Balaban J connectivity index is 1.37. The molecule has 0 bridgehead atoms. The first kappa shape index (κ1) is 28.6. The van der Waals surface area contributed by atoms with Crippen LogP contribution in [0.5, 0.6) is 17.2 Å². The number of rotatable bonds is 8. The second-order valence-electron chi connectivity index (χ2n) is 10.7. The van der Waals surface area contributed by atoms with Gasteiger partial charge in [0.05, 0.1) is 22.5 Å². The average Bonchev–Trinajstić information content (AvgIpc) is 3.16. The van der Waals surface area contributed by atoms with Gasteiger partial charge in [-0.1, -0.05) is 18.2 Å². The van der Waals surface area contributed by atoms with Crippen LogP contribution in [0.1, 0.15) is 35.5 Å². The summed E-state index contributed by atoms with van der Waals surface area (Å²) < 4.78 is 29.9. The third-order valence-corrected chi connectivity index (χ3v) is 6.77. The fourth-order valence-corrected chi connectivity index (χ4v) is 4.56. The van der Waals surface area contributed by atoms with Gasteiger partial charge in [0.25, 0.3) is 11.5 Å². The van der Waals surface area contributed by atoms with Gasteiger partial charge in [-0.3, -0.25) is 19.3 Å². The highest BCUT2D eigenvalue weighted by Gasteiger charge is 2.23. The maximum atomic E-state index is 15.2. The molecule has 42 heavy (non-hydrogen) atoms. The number of fused-ring (bicyclic) bond motifs is 1. The number of ether oxygens (including phenoxy) is 2. The number of carbonyl (C=O) groups is 1. The number of aliphatic hydroxyl groups is 1. The van der Waals surface area contributed by atoms with E-state index in [0.717, 1.165) is 11.6 Å². The minimum Gasteiger partial charge on any atom is -0.490 e. The van der Waals surface area contributed by atoms with Crippen LogP contribution in [0.15, 0.2) is 77.7 Å². The molecule has 0 aliphatic rings. The first-order valence-corrected chi connectivity index (χ1v) is 13.3. The molecule has 0 spiro atoms. The van der Waals surface area contributed by atoms with Crippen molar-refractivity contribution in [3.8, 4) is 22.9 Å². The second-order valence-corrected chi connectivity index (χ2v) is 10.7. The summed E-state index contributed by atoms with van der Waals surface area (Å²) in [4.78, 5) is 30.7. The summed E-state index contributed by atoms with van der Waals surface area (Å²) in [5.74, 6) is -0.443. The SMILES string of the molecule is Cc1cc2c(Oc3ccc(NC(=O)c4c(C)n(C)n(-c5ccccc5)c4=O)cc3F)ccnc2cc1OCC(C)(C)O. The first-order valence-electron chi connectivity index (χ1n) is 13.3. The number of aryl methyl sites for hydroxylation is 1. The molecule has 0 saturated heterocycles. The summed E-state index contributed by atoms with van der Waals surface area (Å²) >= 11 is 0. The van der Waals surface area contributed by atoms with Gasteiger partial charge in [0.2, 0.25) is 0 Å². The van der Waals surface area contributed by atoms with E-state index in [4.69, 9.17) is 9.47 Å². The van der Waals surface area contributed by atoms with Crippen molar-refractivity contribution >= 4 is 22.5 Å². The molecule has 3 aromatic carbocycles. The summed E-state index contributed by atoms with van der Waals surface area (Å²) in [6.45, 7) is 6.96. The van der Waals surface area contributed by atoms with E-state index in [2.05, 4.69) is 10.3 Å². The third kappa shape index (κ3) is 5.75. The molecule has 2 N–H and O–H groups in total. The molecular weight excluding hydrogens is 539 g/mol. The standard InChI is InChI=1S/C32H31FN4O5/c1-19-15-23-25(17-28(19)41-18-32(3,4)40)34-14-13-26(23)42-27-12-11-21(16-24(27)33)35-30(38)29-20(2)36(5)37(31(29)39)22-9-7-6-8-10-22/h6-17,40H,18H2,1-5H3,(H,35,38). The molecule has 2 aromatic heterocycles. The van der Waals surface area contributed by atoms with Gasteiger partial charge >= 0.3 is 0 Å².